The van der Waals surface area contributed by atoms with Crippen molar-refractivity contribution >= 4 is 17.3 Å². The summed E-state index contributed by atoms with van der Waals surface area (Å²) < 4.78 is 5.08. The van der Waals surface area contributed by atoms with Gasteiger partial charge in [-0.25, -0.2) is 0 Å². The van der Waals surface area contributed by atoms with Gasteiger partial charge in [-0.05, 0) is 24.3 Å². The Hall–Kier alpha value is -2.56. The second-order valence-electron chi connectivity index (χ2n) is 3.64. The molecule has 0 atom stereocenters. The van der Waals surface area contributed by atoms with Crippen LogP contribution in [-0.4, -0.2) is 18.0 Å². The average molecular weight is 243 g/mol. The van der Waals surface area contributed by atoms with E-state index < -0.39 is 0 Å². The summed E-state index contributed by atoms with van der Waals surface area (Å²) in [6.07, 6.45) is 3.12. The molecular formula is C13H13N3O2. The fourth-order valence-electron chi connectivity index (χ4n) is 1.47. The summed E-state index contributed by atoms with van der Waals surface area (Å²) in [5, 5.41) is 2.73. The van der Waals surface area contributed by atoms with Crippen LogP contribution in [0.5, 0.6) is 5.75 Å². The van der Waals surface area contributed by atoms with Crippen molar-refractivity contribution in [3.05, 3.63) is 48.3 Å². The van der Waals surface area contributed by atoms with Gasteiger partial charge in [0.2, 0.25) is 0 Å². The van der Waals surface area contributed by atoms with E-state index in [1.165, 1.54) is 0 Å². The standard InChI is InChI=1S/C13H13N3O2/c1-18-10-2-3-11(14)12(8-10)16-13(17)9-4-6-15-7-5-9/h2-8H,14H2,1H3,(H,16,17). The molecule has 2 rings (SSSR count). The number of nitrogens with one attached hydrogen (secondary N) is 1. The SMILES string of the molecule is COc1ccc(N)c(NC(=O)c2ccncc2)c1. The maximum Gasteiger partial charge on any atom is 0.255 e. The number of nitrogens with zero attached hydrogens (tertiary/aromatic N) is 1. The summed E-state index contributed by atoms with van der Waals surface area (Å²) in [4.78, 5) is 15.8. The Morgan fingerprint density at radius 2 is 2.00 bits per heavy atom. The number of anilines is 2. The second kappa shape index (κ2) is 5.18. The number of rotatable bonds is 3. The zero-order chi connectivity index (χ0) is 13.0. The fourth-order valence-corrected chi connectivity index (χ4v) is 1.47. The van der Waals surface area contributed by atoms with Crippen LogP contribution in [0.2, 0.25) is 0 Å². The average Bonchev–Trinajstić information content (AvgIpc) is 2.42. The van der Waals surface area contributed by atoms with Crippen LogP contribution in [0.4, 0.5) is 11.4 Å². The number of amides is 1. The molecule has 5 nitrogen and oxygen atoms in total. The number of pyridine rings is 1. The number of aromatic nitrogens is 1. The van der Waals surface area contributed by atoms with Crippen molar-refractivity contribution in [2.75, 3.05) is 18.2 Å². The lowest BCUT2D eigenvalue weighted by Crippen LogP contribution is -2.13. The van der Waals surface area contributed by atoms with Gasteiger partial charge in [-0.15, -0.1) is 0 Å². The van der Waals surface area contributed by atoms with Gasteiger partial charge in [-0.2, -0.15) is 0 Å². The Balaban J connectivity index is 2.21. The molecule has 0 aliphatic rings. The summed E-state index contributed by atoms with van der Waals surface area (Å²) in [6.45, 7) is 0. The third-order valence-corrected chi connectivity index (χ3v) is 2.45. The van der Waals surface area contributed by atoms with Crippen molar-refractivity contribution < 1.29 is 9.53 Å². The van der Waals surface area contributed by atoms with E-state index >= 15 is 0 Å². The van der Waals surface area contributed by atoms with E-state index in [9.17, 15) is 4.79 Å². The number of carbonyl (C=O) groups is 1. The Labute approximate surface area is 105 Å². The number of methoxy groups -OCH3 is 1. The van der Waals surface area contributed by atoms with Gasteiger partial charge < -0.3 is 15.8 Å². The van der Waals surface area contributed by atoms with Crippen LogP contribution < -0.4 is 15.8 Å². The molecule has 92 valence electrons. The highest BCUT2D eigenvalue weighted by Crippen LogP contribution is 2.24. The number of hydrogen-bond acceptors (Lipinski definition) is 4. The molecule has 0 aliphatic carbocycles. The summed E-state index contributed by atoms with van der Waals surface area (Å²) in [6, 6.07) is 8.35. The summed E-state index contributed by atoms with van der Waals surface area (Å²) >= 11 is 0. The van der Waals surface area contributed by atoms with Crippen molar-refractivity contribution in [3.63, 3.8) is 0 Å². The maximum atomic E-state index is 11.9. The molecule has 1 aromatic heterocycles. The molecule has 2 aromatic rings. The molecule has 0 unspecified atom stereocenters. The first kappa shape index (κ1) is 11.9. The van der Waals surface area contributed by atoms with Crippen LogP contribution in [0, 0.1) is 0 Å². The smallest absolute Gasteiger partial charge is 0.255 e. The van der Waals surface area contributed by atoms with E-state index in [0.29, 0.717) is 22.7 Å². The van der Waals surface area contributed by atoms with E-state index in [1.807, 2.05) is 0 Å². The number of carbonyl (C=O) groups excluding carboxylic acids is 1. The lowest BCUT2D eigenvalue weighted by molar-refractivity contribution is 0.102. The predicted octanol–water partition coefficient (Wildman–Crippen LogP) is 1.92. The third kappa shape index (κ3) is 2.57. The molecule has 5 heteroatoms. The lowest BCUT2D eigenvalue weighted by atomic mass is 10.2. The van der Waals surface area contributed by atoms with Crippen molar-refractivity contribution in [3.8, 4) is 5.75 Å². The first-order chi connectivity index (χ1) is 8.70. The van der Waals surface area contributed by atoms with Crippen molar-refractivity contribution in [2.24, 2.45) is 0 Å². The molecule has 0 saturated carbocycles. The summed E-state index contributed by atoms with van der Waals surface area (Å²) in [5.41, 5.74) is 7.32. The van der Waals surface area contributed by atoms with Gasteiger partial charge in [0, 0.05) is 24.0 Å². The number of benzene rings is 1. The van der Waals surface area contributed by atoms with Crippen molar-refractivity contribution in [1.82, 2.24) is 4.98 Å². The van der Waals surface area contributed by atoms with E-state index in [1.54, 1.807) is 49.8 Å². The summed E-state index contributed by atoms with van der Waals surface area (Å²) in [7, 11) is 1.56. The van der Waals surface area contributed by atoms with Gasteiger partial charge in [-0.3, -0.25) is 9.78 Å². The number of nitrogens with two attached hydrogens (primary N) is 1. The quantitative estimate of drug-likeness (QED) is 0.807. The van der Waals surface area contributed by atoms with Gasteiger partial charge >= 0.3 is 0 Å². The minimum Gasteiger partial charge on any atom is -0.497 e. The van der Waals surface area contributed by atoms with Gasteiger partial charge in [0.25, 0.3) is 5.91 Å². The minimum atomic E-state index is -0.239. The Kier molecular flexibility index (Phi) is 3.43. The molecular weight excluding hydrogens is 230 g/mol. The third-order valence-electron chi connectivity index (χ3n) is 2.45. The second-order valence-corrected chi connectivity index (χ2v) is 3.64. The highest BCUT2D eigenvalue weighted by Gasteiger charge is 2.08. The monoisotopic (exact) mass is 243 g/mol. The lowest BCUT2D eigenvalue weighted by Gasteiger charge is -2.09. The molecule has 1 amide bonds. The van der Waals surface area contributed by atoms with Crippen LogP contribution in [-0.2, 0) is 0 Å². The van der Waals surface area contributed by atoms with Gasteiger partial charge in [0.05, 0.1) is 18.5 Å². The van der Waals surface area contributed by atoms with Crippen LogP contribution >= 0.6 is 0 Å². The fraction of sp³-hybridized carbons (Fsp3) is 0.0769. The number of ether oxygens (including phenoxy) is 1. The first-order valence-electron chi connectivity index (χ1n) is 5.35. The molecule has 3 N–H and O–H groups in total. The molecule has 1 aromatic carbocycles. The minimum absolute atomic E-state index is 0.239. The molecule has 18 heavy (non-hydrogen) atoms. The van der Waals surface area contributed by atoms with Crippen LogP contribution in [0.1, 0.15) is 10.4 Å². The molecule has 0 bridgehead atoms. The Morgan fingerprint density at radius 1 is 1.28 bits per heavy atom. The van der Waals surface area contributed by atoms with E-state index in [0.717, 1.165) is 0 Å². The van der Waals surface area contributed by atoms with Crippen LogP contribution in [0.25, 0.3) is 0 Å². The number of nitrogen functional groups attached to an aromatic ring is 1. The molecule has 0 aliphatic heterocycles. The highest BCUT2D eigenvalue weighted by atomic mass is 16.5. The molecule has 0 radical (unpaired) electrons. The molecule has 1 heterocycles. The Bertz CT molecular complexity index is 555. The van der Waals surface area contributed by atoms with Crippen molar-refractivity contribution in [2.45, 2.75) is 0 Å². The molecule has 0 fully saturated rings. The zero-order valence-corrected chi connectivity index (χ0v) is 9.88. The molecule has 0 saturated heterocycles. The van der Waals surface area contributed by atoms with Gasteiger partial charge in [0.1, 0.15) is 5.75 Å². The van der Waals surface area contributed by atoms with Crippen LogP contribution in [0.3, 0.4) is 0 Å². The Morgan fingerprint density at radius 3 is 2.67 bits per heavy atom. The summed E-state index contributed by atoms with van der Waals surface area (Å²) in [5.74, 6) is 0.395. The van der Waals surface area contributed by atoms with Crippen molar-refractivity contribution in [1.29, 1.82) is 0 Å². The normalized spacial score (nSPS) is 9.83. The number of hydrogen-bond donors (Lipinski definition) is 2. The highest BCUT2D eigenvalue weighted by molar-refractivity contribution is 6.05. The first-order valence-corrected chi connectivity index (χ1v) is 5.35. The van der Waals surface area contributed by atoms with Crippen LogP contribution in [0.15, 0.2) is 42.7 Å². The molecule has 0 spiro atoms. The maximum absolute atomic E-state index is 11.9. The largest absolute Gasteiger partial charge is 0.497 e. The van der Waals surface area contributed by atoms with E-state index in [4.69, 9.17) is 10.5 Å². The topological polar surface area (TPSA) is 77.2 Å². The van der Waals surface area contributed by atoms with E-state index in [-0.39, 0.29) is 5.91 Å². The predicted molar refractivity (Wildman–Crippen MR) is 69.6 cm³/mol. The van der Waals surface area contributed by atoms with Gasteiger partial charge in [-0.1, -0.05) is 0 Å². The van der Waals surface area contributed by atoms with E-state index in [2.05, 4.69) is 10.3 Å². The van der Waals surface area contributed by atoms with Gasteiger partial charge in [0.15, 0.2) is 0 Å². The zero-order valence-electron chi connectivity index (χ0n) is 9.88.